The third-order valence-electron chi connectivity index (χ3n) is 4.58. The molecule has 0 aliphatic carbocycles. The molecule has 0 radical (unpaired) electrons. The van der Waals surface area contributed by atoms with Gasteiger partial charge in [0, 0.05) is 25.2 Å². The number of nitrogens with zero attached hydrogens (tertiary/aromatic N) is 2. The topological polar surface area (TPSA) is 68.8 Å². The minimum Gasteiger partial charge on any atom is -0.357 e. The van der Waals surface area contributed by atoms with Crippen LogP contribution >= 0.6 is 12.2 Å². The number of thiocarbonyl (C=S) groups is 1. The summed E-state index contributed by atoms with van der Waals surface area (Å²) in [6.07, 6.45) is 4.22. The number of nitrogens with one attached hydrogen (secondary N) is 3. The summed E-state index contributed by atoms with van der Waals surface area (Å²) in [7, 11) is 0. The highest BCUT2D eigenvalue weighted by atomic mass is 32.1. The van der Waals surface area contributed by atoms with E-state index in [2.05, 4.69) is 26.1 Å². The number of hydrazone groups is 1. The van der Waals surface area contributed by atoms with Crippen LogP contribution in [0.2, 0.25) is 0 Å². The predicted molar refractivity (Wildman–Crippen MR) is 100 cm³/mol. The van der Waals surface area contributed by atoms with E-state index in [9.17, 15) is 4.79 Å². The van der Waals surface area contributed by atoms with Gasteiger partial charge in [-0.15, -0.1) is 0 Å². The van der Waals surface area contributed by atoms with E-state index < -0.39 is 0 Å². The molecule has 1 unspecified atom stereocenters. The summed E-state index contributed by atoms with van der Waals surface area (Å²) >= 11 is 5.33. The molecule has 3 saturated heterocycles. The van der Waals surface area contributed by atoms with Crippen LogP contribution in [-0.4, -0.2) is 47.8 Å². The second-order valence-corrected chi connectivity index (χ2v) is 6.80. The van der Waals surface area contributed by atoms with E-state index in [1.54, 1.807) is 6.21 Å². The van der Waals surface area contributed by atoms with Crippen LogP contribution in [0.4, 0.5) is 5.69 Å². The summed E-state index contributed by atoms with van der Waals surface area (Å²) in [6, 6.07) is 7.89. The molecule has 1 atom stereocenters. The number of benzene rings is 1. The fourth-order valence-electron chi connectivity index (χ4n) is 3.35. The Kier molecular flexibility index (Phi) is 5.42. The van der Waals surface area contributed by atoms with Gasteiger partial charge in [-0.05, 0) is 61.8 Å². The van der Waals surface area contributed by atoms with Crippen LogP contribution < -0.4 is 16.1 Å². The average Bonchev–Trinajstić information content (AvgIpc) is 2.57. The Morgan fingerprint density at radius 2 is 2.00 bits per heavy atom. The molecule has 7 heteroatoms. The molecular formula is C17H23N5OS. The summed E-state index contributed by atoms with van der Waals surface area (Å²) < 4.78 is 0. The molecule has 3 fully saturated rings. The van der Waals surface area contributed by atoms with Crippen LogP contribution in [0.15, 0.2) is 29.4 Å². The quantitative estimate of drug-likeness (QED) is 0.439. The van der Waals surface area contributed by atoms with Crippen molar-refractivity contribution in [3.05, 3.63) is 29.8 Å². The maximum atomic E-state index is 11.0. The van der Waals surface area contributed by atoms with Gasteiger partial charge in [-0.3, -0.25) is 10.2 Å². The molecule has 4 rings (SSSR count). The SMILES string of the molecule is CC(=O)Nc1ccc(/C=N/NC(=S)NC2CN3CCC2CC3)cc1. The van der Waals surface area contributed by atoms with Crippen molar-refractivity contribution in [2.75, 3.05) is 25.0 Å². The van der Waals surface area contributed by atoms with Gasteiger partial charge in [0.25, 0.3) is 0 Å². The van der Waals surface area contributed by atoms with Crippen molar-refractivity contribution in [3.63, 3.8) is 0 Å². The molecule has 3 aliphatic heterocycles. The van der Waals surface area contributed by atoms with Gasteiger partial charge in [-0.2, -0.15) is 5.10 Å². The van der Waals surface area contributed by atoms with E-state index in [1.165, 1.54) is 32.9 Å². The maximum absolute atomic E-state index is 11.0. The number of hydrogen-bond donors (Lipinski definition) is 3. The normalized spacial score (nSPS) is 25.5. The highest BCUT2D eigenvalue weighted by Gasteiger charge is 2.34. The number of amides is 1. The maximum Gasteiger partial charge on any atom is 0.221 e. The van der Waals surface area contributed by atoms with E-state index in [0.29, 0.717) is 11.2 Å². The zero-order chi connectivity index (χ0) is 16.9. The molecule has 24 heavy (non-hydrogen) atoms. The number of carbonyl (C=O) groups is 1. The Hall–Kier alpha value is -1.99. The smallest absolute Gasteiger partial charge is 0.221 e. The van der Waals surface area contributed by atoms with Crippen molar-refractivity contribution < 1.29 is 4.79 Å². The predicted octanol–water partition coefficient (Wildman–Crippen LogP) is 1.54. The Bertz CT molecular complexity index is 622. The van der Waals surface area contributed by atoms with Crippen molar-refractivity contribution in [2.24, 2.45) is 11.0 Å². The lowest BCUT2D eigenvalue weighted by Crippen LogP contribution is -2.58. The average molecular weight is 345 g/mol. The number of hydrogen-bond acceptors (Lipinski definition) is 4. The summed E-state index contributed by atoms with van der Waals surface area (Å²) in [5.74, 6) is 0.641. The Labute approximate surface area is 147 Å². The number of carbonyl (C=O) groups excluding carboxylic acids is 1. The van der Waals surface area contributed by atoms with E-state index in [0.717, 1.165) is 23.7 Å². The molecule has 1 amide bonds. The second-order valence-electron chi connectivity index (χ2n) is 6.39. The van der Waals surface area contributed by atoms with Crippen LogP contribution in [0.1, 0.15) is 25.3 Å². The molecule has 1 aromatic carbocycles. The third-order valence-corrected chi connectivity index (χ3v) is 4.79. The highest BCUT2D eigenvalue weighted by molar-refractivity contribution is 7.80. The Morgan fingerprint density at radius 3 is 2.58 bits per heavy atom. The Balaban J connectivity index is 1.45. The molecule has 0 aromatic heterocycles. The van der Waals surface area contributed by atoms with Crippen molar-refractivity contribution in [1.29, 1.82) is 0 Å². The lowest BCUT2D eigenvalue weighted by molar-refractivity contribution is -0.114. The number of fused-ring (bicyclic) bond motifs is 3. The van der Waals surface area contributed by atoms with Crippen LogP contribution in [0.5, 0.6) is 0 Å². The molecule has 3 heterocycles. The molecule has 0 saturated carbocycles. The van der Waals surface area contributed by atoms with Gasteiger partial charge in [0.1, 0.15) is 0 Å². The first-order valence-corrected chi connectivity index (χ1v) is 8.70. The Morgan fingerprint density at radius 1 is 1.29 bits per heavy atom. The van der Waals surface area contributed by atoms with Crippen LogP contribution in [0.3, 0.4) is 0 Å². The number of anilines is 1. The van der Waals surface area contributed by atoms with Gasteiger partial charge in [0.05, 0.1) is 6.21 Å². The summed E-state index contributed by atoms with van der Waals surface area (Å²) in [5, 5.41) is 10.9. The molecule has 6 nitrogen and oxygen atoms in total. The van der Waals surface area contributed by atoms with Crippen LogP contribution in [-0.2, 0) is 4.79 Å². The van der Waals surface area contributed by atoms with Crippen molar-refractivity contribution >= 4 is 35.1 Å². The molecule has 1 aromatic rings. The zero-order valence-electron chi connectivity index (χ0n) is 13.8. The molecule has 128 valence electrons. The largest absolute Gasteiger partial charge is 0.357 e. The van der Waals surface area contributed by atoms with Gasteiger partial charge in [-0.1, -0.05) is 12.1 Å². The van der Waals surface area contributed by atoms with Gasteiger partial charge < -0.3 is 15.5 Å². The van der Waals surface area contributed by atoms with E-state index in [1.807, 2.05) is 24.3 Å². The highest BCUT2D eigenvalue weighted by Crippen LogP contribution is 2.27. The minimum absolute atomic E-state index is 0.0813. The van der Waals surface area contributed by atoms with Crippen molar-refractivity contribution in [2.45, 2.75) is 25.8 Å². The van der Waals surface area contributed by atoms with Gasteiger partial charge in [0.2, 0.25) is 5.91 Å². The monoisotopic (exact) mass is 345 g/mol. The summed E-state index contributed by atoms with van der Waals surface area (Å²) in [5.41, 5.74) is 4.59. The summed E-state index contributed by atoms with van der Waals surface area (Å²) in [4.78, 5) is 13.5. The van der Waals surface area contributed by atoms with Gasteiger partial charge in [-0.25, -0.2) is 0 Å². The standard InChI is InChI=1S/C17H23N5OS/c1-12(23)19-15-4-2-13(3-5-15)10-18-21-17(24)20-16-11-22-8-6-14(16)7-9-22/h2-5,10,14,16H,6-9,11H2,1H3,(H,19,23)(H2,20,21,24)/b18-10+. The van der Waals surface area contributed by atoms with Crippen LogP contribution in [0, 0.1) is 5.92 Å². The first-order valence-electron chi connectivity index (χ1n) is 8.30. The third kappa shape index (κ3) is 4.52. The molecule has 2 bridgehead atoms. The van der Waals surface area contributed by atoms with Gasteiger partial charge in [0.15, 0.2) is 5.11 Å². The van der Waals surface area contributed by atoms with Crippen LogP contribution in [0.25, 0.3) is 0 Å². The molecule has 3 aliphatic rings. The fourth-order valence-corrected chi connectivity index (χ4v) is 3.55. The van der Waals surface area contributed by atoms with Crippen molar-refractivity contribution in [3.8, 4) is 0 Å². The minimum atomic E-state index is -0.0813. The van der Waals surface area contributed by atoms with E-state index >= 15 is 0 Å². The lowest BCUT2D eigenvalue weighted by Gasteiger charge is -2.45. The number of piperidine rings is 3. The number of rotatable bonds is 4. The van der Waals surface area contributed by atoms with Gasteiger partial charge >= 0.3 is 0 Å². The summed E-state index contributed by atoms with van der Waals surface area (Å²) in [6.45, 7) is 4.99. The lowest BCUT2D eigenvalue weighted by atomic mass is 9.84. The first-order chi connectivity index (χ1) is 11.6. The second kappa shape index (κ2) is 7.72. The molecular weight excluding hydrogens is 322 g/mol. The van der Waals surface area contributed by atoms with E-state index in [-0.39, 0.29) is 5.91 Å². The van der Waals surface area contributed by atoms with E-state index in [4.69, 9.17) is 12.2 Å². The molecule has 0 spiro atoms. The van der Waals surface area contributed by atoms with Crippen molar-refractivity contribution in [1.82, 2.24) is 15.6 Å². The fraction of sp³-hybridized carbons (Fsp3) is 0.471. The molecule has 3 N–H and O–H groups in total. The zero-order valence-corrected chi connectivity index (χ0v) is 14.6. The first kappa shape index (κ1) is 16.9.